The number of rotatable bonds is 3. The minimum absolute atomic E-state index is 0.0599. The number of amides is 1. The molecule has 132 valence electrons. The number of carbonyl (C=O) groups excluding carboxylic acids is 1. The van der Waals surface area contributed by atoms with Gasteiger partial charge in [-0.15, -0.1) is 13.2 Å². The summed E-state index contributed by atoms with van der Waals surface area (Å²) < 4.78 is 40.6. The number of alkyl halides is 3. The van der Waals surface area contributed by atoms with Crippen LogP contribution in [0.3, 0.4) is 0 Å². The number of fused-ring (bicyclic) bond motifs is 1. The minimum Gasteiger partial charge on any atom is -0.396 e. The summed E-state index contributed by atoms with van der Waals surface area (Å²) >= 11 is 0. The number of halogens is 3. The van der Waals surface area contributed by atoms with Crippen LogP contribution in [0.4, 0.5) is 18.9 Å². The van der Waals surface area contributed by atoms with Crippen molar-refractivity contribution in [2.24, 2.45) is 11.3 Å². The van der Waals surface area contributed by atoms with Gasteiger partial charge in [0.05, 0.1) is 12.7 Å². The standard InChI is InChI=1S/C17H20F3NO3/c1-16(10-22)8-11-4-2-3-5-14(11)21(9-16)15(23)12-6-13(7-12)24-17(18,19)20/h2-5,12-13,22H,6-10H2,1H3. The van der Waals surface area contributed by atoms with Crippen molar-refractivity contribution in [1.82, 2.24) is 0 Å². The maximum Gasteiger partial charge on any atom is 0.522 e. The summed E-state index contributed by atoms with van der Waals surface area (Å²) in [7, 11) is 0. The number of benzene rings is 1. The van der Waals surface area contributed by atoms with Crippen LogP contribution in [0.2, 0.25) is 0 Å². The third kappa shape index (κ3) is 3.42. The van der Waals surface area contributed by atoms with Crippen molar-refractivity contribution in [2.75, 3.05) is 18.1 Å². The summed E-state index contributed by atoms with van der Waals surface area (Å²) in [5.41, 5.74) is 1.31. The number of para-hydroxylation sites is 1. The molecule has 2 aliphatic rings. The Bertz CT molecular complexity index is 628. The molecule has 0 saturated heterocycles. The fourth-order valence-electron chi connectivity index (χ4n) is 3.48. The van der Waals surface area contributed by atoms with E-state index in [4.69, 9.17) is 0 Å². The fraction of sp³-hybridized carbons (Fsp3) is 0.588. The van der Waals surface area contributed by atoms with E-state index < -0.39 is 23.8 Å². The minimum atomic E-state index is -4.66. The molecule has 0 radical (unpaired) electrons. The number of hydrogen-bond donors (Lipinski definition) is 1. The van der Waals surface area contributed by atoms with Crippen LogP contribution in [-0.2, 0) is 16.0 Å². The molecule has 1 atom stereocenters. The number of nitrogens with zero attached hydrogens (tertiary/aromatic N) is 1. The molecule has 1 unspecified atom stereocenters. The maximum absolute atomic E-state index is 12.8. The van der Waals surface area contributed by atoms with Crippen molar-refractivity contribution in [1.29, 1.82) is 0 Å². The summed E-state index contributed by atoms with van der Waals surface area (Å²) in [5.74, 6) is -0.657. The lowest BCUT2D eigenvalue weighted by atomic mass is 9.77. The largest absolute Gasteiger partial charge is 0.522 e. The summed E-state index contributed by atoms with van der Waals surface area (Å²) in [4.78, 5) is 14.4. The maximum atomic E-state index is 12.8. The molecular formula is C17H20F3NO3. The summed E-state index contributed by atoms with van der Waals surface area (Å²) in [6.45, 7) is 2.20. The molecule has 24 heavy (non-hydrogen) atoms. The van der Waals surface area contributed by atoms with Gasteiger partial charge in [-0.05, 0) is 30.9 Å². The molecule has 1 aliphatic carbocycles. The van der Waals surface area contributed by atoms with Gasteiger partial charge < -0.3 is 10.0 Å². The smallest absolute Gasteiger partial charge is 0.396 e. The highest BCUT2D eigenvalue weighted by atomic mass is 19.4. The van der Waals surface area contributed by atoms with Crippen molar-refractivity contribution >= 4 is 11.6 Å². The molecule has 0 aromatic heterocycles. The van der Waals surface area contributed by atoms with E-state index in [-0.39, 0.29) is 25.4 Å². The van der Waals surface area contributed by atoms with Gasteiger partial charge in [0, 0.05) is 23.6 Å². The third-order valence-electron chi connectivity index (χ3n) is 4.83. The van der Waals surface area contributed by atoms with Crippen molar-refractivity contribution in [3.8, 4) is 0 Å². The molecule has 1 saturated carbocycles. The van der Waals surface area contributed by atoms with E-state index in [1.807, 2.05) is 31.2 Å². The van der Waals surface area contributed by atoms with Gasteiger partial charge in [0.15, 0.2) is 0 Å². The molecule has 1 aromatic rings. The van der Waals surface area contributed by atoms with Crippen LogP contribution in [-0.4, -0.2) is 36.6 Å². The molecule has 7 heteroatoms. The highest BCUT2D eigenvalue weighted by Crippen LogP contribution is 2.41. The Morgan fingerprint density at radius 2 is 2.04 bits per heavy atom. The lowest BCUT2D eigenvalue weighted by Gasteiger charge is -2.44. The second-order valence-electron chi connectivity index (χ2n) is 7.05. The molecule has 1 aliphatic heterocycles. The average molecular weight is 343 g/mol. The molecule has 1 heterocycles. The third-order valence-corrected chi connectivity index (χ3v) is 4.83. The Balaban J connectivity index is 1.73. The Labute approximate surface area is 138 Å². The number of anilines is 1. The van der Waals surface area contributed by atoms with Gasteiger partial charge in [-0.3, -0.25) is 9.53 Å². The number of hydrogen-bond acceptors (Lipinski definition) is 3. The molecule has 1 N–H and O–H groups in total. The topological polar surface area (TPSA) is 49.8 Å². The summed E-state index contributed by atoms with van der Waals surface area (Å²) in [6, 6.07) is 7.46. The number of ether oxygens (including phenoxy) is 1. The van der Waals surface area contributed by atoms with Crippen LogP contribution in [0.1, 0.15) is 25.3 Å². The van der Waals surface area contributed by atoms with Crippen LogP contribution in [0.5, 0.6) is 0 Å². The van der Waals surface area contributed by atoms with Gasteiger partial charge in [-0.25, -0.2) is 0 Å². The van der Waals surface area contributed by atoms with Crippen LogP contribution < -0.4 is 4.90 Å². The first-order chi connectivity index (χ1) is 11.2. The van der Waals surface area contributed by atoms with E-state index in [0.29, 0.717) is 13.0 Å². The Morgan fingerprint density at radius 3 is 2.67 bits per heavy atom. The Kier molecular flexibility index (Phi) is 4.34. The average Bonchev–Trinajstić information content (AvgIpc) is 2.48. The van der Waals surface area contributed by atoms with E-state index in [1.54, 1.807) is 4.90 Å². The van der Waals surface area contributed by atoms with E-state index in [9.17, 15) is 23.1 Å². The summed E-state index contributed by atoms with van der Waals surface area (Å²) in [6.07, 6.45) is -4.79. The lowest BCUT2D eigenvalue weighted by Crippen LogP contribution is -2.52. The van der Waals surface area contributed by atoms with E-state index in [0.717, 1.165) is 11.3 Å². The van der Waals surface area contributed by atoms with Crippen molar-refractivity contribution < 1.29 is 27.8 Å². The zero-order chi connectivity index (χ0) is 17.5. The Hall–Kier alpha value is -1.60. The van der Waals surface area contributed by atoms with Gasteiger partial charge in [0.2, 0.25) is 5.91 Å². The van der Waals surface area contributed by atoms with Crippen molar-refractivity contribution in [3.05, 3.63) is 29.8 Å². The van der Waals surface area contributed by atoms with Gasteiger partial charge in [-0.1, -0.05) is 25.1 Å². The van der Waals surface area contributed by atoms with Crippen LogP contribution >= 0.6 is 0 Å². The number of aliphatic hydroxyl groups is 1. The second-order valence-corrected chi connectivity index (χ2v) is 7.05. The highest BCUT2D eigenvalue weighted by Gasteiger charge is 2.46. The van der Waals surface area contributed by atoms with Crippen LogP contribution in [0.25, 0.3) is 0 Å². The number of carbonyl (C=O) groups is 1. The van der Waals surface area contributed by atoms with Gasteiger partial charge >= 0.3 is 6.36 Å². The first-order valence-corrected chi connectivity index (χ1v) is 7.95. The quantitative estimate of drug-likeness (QED) is 0.918. The molecule has 3 rings (SSSR count). The molecule has 1 amide bonds. The first-order valence-electron chi connectivity index (χ1n) is 7.95. The van der Waals surface area contributed by atoms with Gasteiger partial charge in [-0.2, -0.15) is 0 Å². The molecule has 4 nitrogen and oxygen atoms in total. The predicted octanol–water partition coefficient (Wildman–Crippen LogP) is 2.89. The van der Waals surface area contributed by atoms with E-state index in [2.05, 4.69) is 4.74 Å². The Morgan fingerprint density at radius 1 is 1.38 bits per heavy atom. The SMILES string of the molecule is CC1(CO)Cc2ccccc2N(C(=O)C2CC(OC(F)(F)F)C2)C1. The molecule has 0 bridgehead atoms. The second kappa shape index (κ2) is 6.04. The zero-order valence-corrected chi connectivity index (χ0v) is 13.3. The summed E-state index contributed by atoms with van der Waals surface area (Å²) in [5, 5.41) is 9.67. The van der Waals surface area contributed by atoms with Crippen molar-refractivity contribution in [2.45, 2.75) is 38.7 Å². The van der Waals surface area contributed by atoms with E-state index in [1.165, 1.54) is 0 Å². The molecular weight excluding hydrogens is 323 g/mol. The van der Waals surface area contributed by atoms with Gasteiger partial charge in [0.1, 0.15) is 0 Å². The fourth-order valence-corrected chi connectivity index (χ4v) is 3.48. The normalized spacial score (nSPS) is 29.8. The van der Waals surface area contributed by atoms with Crippen molar-refractivity contribution in [3.63, 3.8) is 0 Å². The predicted molar refractivity (Wildman–Crippen MR) is 81.3 cm³/mol. The molecule has 1 aromatic carbocycles. The van der Waals surface area contributed by atoms with Crippen LogP contribution in [0.15, 0.2) is 24.3 Å². The molecule has 1 fully saturated rings. The molecule has 0 spiro atoms. The van der Waals surface area contributed by atoms with Gasteiger partial charge in [0.25, 0.3) is 0 Å². The zero-order valence-electron chi connectivity index (χ0n) is 13.3. The highest BCUT2D eigenvalue weighted by molar-refractivity contribution is 5.97. The van der Waals surface area contributed by atoms with Crippen LogP contribution in [0, 0.1) is 11.3 Å². The first kappa shape index (κ1) is 17.2. The monoisotopic (exact) mass is 343 g/mol. The number of aliphatic hydroxyl groups excluding tert-OH is 1. The lowest BCUT2D eigenvalue weighted by molar-refractivity contribution is -0.353. The van der Waals surface area contributed by atoms with E-state index >= 15 is 0 Å².